The fourth-order valence-electron chi connectivity index (χ4n) is 2.14. The van der Waals surface area contributed by atoms with Gasteiger partial charge in [0.15, 0.2) is 0 Å². The molecule has 1 heteroatoms. The summed E-state index contributed by atoms with van der Waals surface area (Å²) in [6.07, 6.45) is 0. The van der Waals surface area contributed by atoms with Gasteiger partial charge in [0.1, 0.15) is 0 Å². The van der Waals surface area contributed by atoms with Crippen LogP contribution in [0.3, 0.4) is 0 Å². The Morgan fingerprint density at radius 2 is 0.947 bits per heavy atom. The van der Waals surface area contributed by atoms with Crippen molar-refractivity contribution in [3.8, 4) is 0 Å². The van der Waals surface area contributed by atoms with Gasteiger partial charge in [0.2, 0.25) is 0 Å². The molecule has 0 fully saturated rings. The minimum absolute atomic E-state index is 0. The molecule has 0 aliphatic carbocycles. The maximum absolute atomic E-state index is 2.12. The monoisotopic (exact) mass is 410 g/mol. The Labute approximate surface area is 132 Å². The molecule has 0 saturated carbocycles. The van der Waals surface area contributed by atoms with Crippen molar-refractivity contribution in [2.24, 2.45) is 0 Å². The van der Waals surface area contributed by atoms with Gasteiger partial charge in [-0.2, -0.15) is 35.0 Å². The molecule has 0 amide bonds. The van der Waals surface area contributed by atoms with Crippen LogP contribution < -0.4 is 0 Å². The summed E-state index contributed by atoms with van der Waals surface area (Å²) in [7, 11) is 0. The fourth-order valence-corrected chi connectivity index (χ4v) is 2.14. The number of hydrogen-bond donors (Lipinski definition) is 0. The van der Waals surface area contributed by atoms with E-state index in [1.807, 2.05) is 0 Å². The number of benzene rings is 2. The number of rotatable bonds is 0. The molecule has 0 radical (unpaired) electrons. The molecule has 0 atom stereocenters. The average molecular weight is 409 g/mol. The minimum Gasteiger partial charge on any atom is -0.168 e. The van der Waals surface area contributed by atoms with Crippen molar-refractivity contribution < 1.29 is 25.8 Å². The molecule has 0 spiro atoms. The summed E-state index contributed by atoms with van der Waals surface area (Å²) in [5, 5.41) is 5.32. The first-order valence-electron chi connectivity index (χ1n) is 6.14. The van der Waals surface area contributed by atoms with Gasteiger partial charge in [-0.05, 0) is 0 Å². The van der Waals surface area contributed by atoms with Gasteiger partial charge in [0.25, 0.3) is 0 Å². The van der Waals surface area contributed by atoms with E-state index in [2.05, 4.69) is 84.9 Å². The molecular weight excluding hydrogens is 395 g/mol. The molecule has 0 aliphatic rings. The SMILES string of the molecule is [Hf+4].c1ccc2[cH-]ccc2c1.c1ccc2[cH-]ccc2c1. The van der Waals surface area contributed by atoms with Crippen molar-refractivity contribution >= 4 is 21.5 Å². The third-order valence-electron chi connectivity index (χ3n) is 3.10. The van der Waals surface area contributed by atoms with Crippen LogP contribution in [0.1, 0.15) is 0 Å². The van der Waals surface area contributed by atoms with E-state index in [4.69, 9.17) is 0 Å². The Hall–Kier alpha value is -1.47. The van der Waals surface area contributed by atoms with Crippen LogP contribution in [0.25, 0.3) is 21.5 Å². The van der Waals surface area contributed by atoms with Gasteiger partial charge in [-0.15, -0.1) is 59.3 Å². The van der Waals surface area contributed by atoms with E-state index in [1.165, 1.54) is 21.5 Å². The molecule has 0 bridgehead atoms. The van der Waals surface area contributed by atoms with Crippen LogP contribution in [-0.2, 0) is 25.8 Å². The first-order valence-corrected chi connectivity index (χ1v) is 6.14. The Morgan fingerprint density at radius 3 is 1.37 bits per heavy atom. The van der Waals surface area contributed by atoms with E-state index in [9.17, 15) is 0 Å². The zero-order chi connectivity index (χ0) is 12.2. The Kier molecular flexibility index (Phi) is 4.86. The Balaban J connectivity index is 0.000000133. The standard InChI is InChI=1S/2C9H7.Hf/c2*1-2-5-9-7-3-6-8(9)4-1;/h2*1-7H;/q2*-1;+4. The van der Waals surface area contributed by atoms with Gasteiger partial charge in [0, 0.05) is 0 Å². The summed E-state index contributed by atoms with van der Waals surface area (Å²) in [4.78, 5) is 0. The van der Waals surface area contributed by atoms with Crippen molar-refractivity contribution in [1.29, 1.82) is 0 Å². The van der Waals surface area contributed by atoms with Crippen LogP contribution in [0.2, 0.25) is 0 Å². The topological polar surface area (TPSA) is 0 Å². The van der Waals surface area contributed by atoms with Crippen molar-refractivity contribution in [3.63, 3.8) is 0 Å². The molecule has 19 heavy (non-hydrogen) atoms. The molecule has 0 unspecified atom stereocenters. The third-order valence-corrected chi connectivity index (χ3v) is 3.10. The Bertz CT molecular complexity index is 620. The summed E-state index contributed by atoms with van der Waals surface area (Å²) in [5.41, 5.74) is 0. The van der Waals surface area contributed by atoms with E-state index in [0.29, 0.717) is 0 Å². The van der Waals surface area contributed by atoms with Gasteiger partial charge >= 0.3 is 25.8 Å². The summed E-state index contributed by atoms with van der Waals surface area (Å²) in [6, 6.07) is 29.3. The predicted octanol–water partition coefficient (Wildman–Crippen LogP) is 5.11. The van der Waals surface area contributed by atoms with E-state index < -0.39 is 0 Å². The second-order valence-electron chi connectivity index (χ2n) is 4.31. The largest absolute Gasteiger partial charge is 4.00 e. The zero-order valence-electron chi connectivity index (χ0n) is 10.6. The molecule has 0 N–H and O–H groups in total. The zero-order valence-corrected chi connectivity index (χ0v) is 14.2. The molecule has 0 aliphatic heterocycles. The predicted molar refractivity (Wildman–Crippen MR) is 79.1 cm³/mol. The minimum atomic E-state index is 0. The molecule has 4 rings (SSSR count). The van der Waals surface area contributed by atoms with Crippen LogP contribution in [0.4, 0.5) is 0 Å². The third kappa shape index (κ3) is 3.30. The van der Waals surface area contributed by atoms with E-state index >= 15 is 0 Å². The second-order valence-corrected chi connectivity index (χ2v) is 4.31. The van der Waals surface area contributed by atoms with E-state index in [-0.39, 0.29) is 25.8 Å². The molecule has 88 valence electrons. The van der Waals surface area contributed by atoms with Gasteiger partial charge in [-0.3, -0.25) is 0 Å². The van der Waals surface area contributed by atoms with Gasteiger partial charge in [-0.1, -0.05) is 12.1 Å². The van der Waals surface area contributed by atoms with Crippen molar-refractivity contribution in [2.45, 2.75) is 0 Å². The van der Waals surface area contributed by atoms with E-state index in [0.717, 1.165) is 0 Å². The summed E-state index contributed by atoms with van der Waals surface area (Å²) in [6.45, 7) is 0. The Morgan fingerprint density at radius 1 is 0.526 bits per heavy atom. The molecule has 0 heterocycles. The normalized spacial score (nSPS) is 9.68. The molecule has 4 aromatic carbocycles. The first kappa shape index (κ1) is 14.0. The summed E-state index contributed by atoms with van der Waals surface area (Å²) in [5.74, 6) is 0. The first-order chi connectivity index (χ1) is 8.93. The van der Waals surface area contributed by atoms with E-state index in [1.54, 1.807) is 0 Å². The maximum Gasteiger partial charge on any atom is 4.00 e. The molecule has 0 saturated heterocycles. The van der Waals surface area contributed by atoms with Crippen molar-refractivity contribution in [2.75, 3.05) is 0 Å². The van der Waals surface area contributed by atoms with Crippen LogP contribution >= 0.6 is 0 Å². The van der Waals surface area contributed by atoms with Gasteiger partial charge < -0.3 is 0 Å². The van der Waals surface area contributed by atoms with Gasteiger partial charge in [-0.25, -0.2) is 0 Å². The maximum atomic E-state index is 2.12. The molecule has 0 aromatic heterocycles. The second kappa shape index (κ2) is 6.63. The summed E-state index contributed by atoms with van der Waals surface area (Å²) >= 11 is 0. The van der Waals surface area contributed by atoms with Crippen LogP contribution in [0.5, 0.6) is 0 Å². The average Bonchev–Trinajstić information content (AvgIpc) is 3.08. The molecular formula is C18H14Hf+2. The molecule has 0 nitrogen and oxygen atoms in total. The van der Waals surface area contributed by atoms with Gasteiger partial charge in [0.05, 0.1) is 0 Å². The van der Waals surface area contributed by atoms with Crippen molar-refractivity contribution in [1.82, 2.24) is 0 Å². The number of fused-ring (bicyclic) bond motifs is 2. The van der Waals surface area contributed by atoms with Crippen LogP contribution in [0.15, 0.2) is 84.9 Å². The quantitative estimate of drug-likeness (QED) is 0.280. The van der Waals surface area contributed by atoms with Crippen molar-refractivity contribution in [3.05, 3.63) is 84.9 Å². The smallest absolute Gasteiger partial charge is 0.168 e. The number of hydrogen-bond acceptors (Lipinski definition) is 0. The molecule has 4 aromatic rings. The fraction of sp³-hybridized carbons (Fsp3) is 0. The van der Waals surface area contributed by atoms with Crippen LogP contribution in [-0.4, -0.2) is 0 Å². The van der Waals surface area contributed by atoms with Crippen LogP contribution in [0, 0.1) is 0 Å². The summed E-state index contributed by atoms with van der Waals surface area (Å²) < 4.78 is 0.